The summed E-state index contributed by atoms with van der Waals surface area (Å²) in [5, 5.41) is 3.73. The smallest absolute Gasteiger partial charge is 0.0104 e. The van der Waals surface area contributed by atoms with Gasteiger partial charge in [-0.05, 0) is 58.9 Å². The van der Waals surface area contributed by atoms with Gasteiger partial charge < -0.3 is 5.32 Å². The summed E-state index contributed by atoms with van der Waals surface area (Å²) in [4.78, 5) is 0. The van der Waals surface area contributed by atoms with E-state index in [4.69, 9.17) is 0 Å². The Balaban J connectivity index is 2.29. The summed E-state index contributed by atoms with van der Waals surface area (Å²) in [7, 11) is 0. The van der Waals surface area contributed by atoms with E-state index < -0.39 is 0 Å². The van der Waals surface area contributed by atoms with Crippen LogP contribution in [0.5, 0.6) is 0 Å². The summed E-state index contributed by atoms with van der Waals surface area (Å²) in [5.74, 6) is 0.781. The van der Waals surface area contributed by atoms with E-state index in [-0.39, 0.29) is 5.54 Å². The second kappa shape index (κ2) is 4.94. The molecular weight excluding hydrogens is 230 g/mol. The number of aryl methyl sites for hydroxylation is 2. The largest absolute Gasteiger partial charge is 0.311 e. The summed E-state index contributed by atoms with van der Waals surface area (Å²) in [6, 6.07) is 7.07. The molecule has 2 atom stereocenters. The fourth-order valence-electron chi connectivity index (χ4n) is 3.26. The zero-order valence-electron chi connectivity index (χ0n) is 13.4. The van der Waals surface area contributed by atoms with Crippen molar-refractivity contribution < 1.29 is 0 Å². The van der Waals surface area contributed by atoms with Crippen molar-refractivity contribution in [3.63, 3.8) is 0 Å². The maximum Gasteiger partial charge on any atom is 0.0104 e. The lowest BCUT2D eigenvalue weighted by Crippen LogP contribution is -2.53. The molecule has 0 heterocycles. The van der Waals surface area contributed by atoms with Gasteiger partial charge in [-0.3, -0.25) is 0 Å². The van der Waals surface area contributed by atoms with Crippen molar-refractivity contribution in [1.82, 2.24) is 5.32 Å². The third kappa shape index (κ3) is 3.02. The molecule has 0 aliphatic heterocycles. The zero-order chi connectivity index (χ0) is 14.3. The molecule has 0 saturated heterocycles. The molecule has 0 radical (unpaired) electrons. The normalized spacial score (nSPS) is 27.2. The van der Waals surface area contributed by atoms with Gasteiger partial charge in [0.2, 0.25) is 0 Å². The first-order chi connectivity index (χ1) is 8.73. The Morgan fingerprint density at radius 1 is 1.16 bits per heavy atom. The van der Waals surface area contributed by atoms with E-state index in [0.29, 0.717) is 5.41 Å². The van der Waals surface area contributed by atoms with E-state index in [9.17, 15) is 0 Å². The Kier molecular flexibility index (Phi) is 3.79. The van der Waals surface area contributed by atoms with E-state index in [1.807, 2.05) is 0 Å². The van der Waals surface area contributed by atoms with E-state index in [1.54, 1.807) is 5.56 Å². The summed E-state index contributed by atoms with van der Waals surface area (Å²) in [6.45, 7) is 14.7. The van der Waals surface area contributed by atoms with Gasteiger partial charge in [-0.25, -0.2) is 0 Å². The standard InChI is InChI=1S/C18H29N/c1-13-9-14(2)11-16(10-13)18(8-7-15(18)3)12-19-17(4,5)6/h9-11,15,19H,7-8,12H2,1-6H3. The van der Waals surface area contributed by atoms with Crippen LogP contribution < -0.4 is 5.32 Å². The average molecular weight is 259 g/mol. The molecule has 1 aliphatic rings. The predicted molar refractivity (Wildman–Crippen MR) is 83.7 cm³/mol. The molecule has 2 rings (SSSR count). The van der Waals surface area contributed by atoms with E-state index in [2.05, 4.69) is 65.1 Å². The van der Waals surface area contributed by atoms with Crippen LogP contribution in [0.15, 0.2) is 18.2 Å². The third-order valence-electron chi connectivity index (χ3n) is 4.70. The molecule has 1 saturated carbocycles. The quantitative estimate of drug-likeness (QED) is 0.850. The highest BCUT2D eigenvalue weighted by Crippen LogP contribution is 2.48. The Morgan fingerprint density at radius 3 is 2.11 bits per heavy atom. The van der Waals surface area contributed by atoms with Crippen molar-refractivity contribution in [1.29, 1.82) is 0 Å². The monoisotopic (exact) mass is 259 g/mol. The fraction of sp³-hybridized carbons (Fsp3) is 0.667. The van der Waals surface area contributed by atoms with E-state index in [1.165, 1.54) is 24.0 Å². The van der Waals surface area contributed by atoms with E-state index in [0.717, 1.165) is 12.5 Å². The second-order valence-corrected chi connectivity index (χ2v) is 7.58. The molecule has 1 N–H and O–H groups in total. The van der Waals surface area contributed by atoms with Gasteiger partial charge in [-0.1, -0.05) is 36.2 Å². The maximum atomic E-state index is 3.73. The van der Waals surface area contributed by atoms with Gasteiger partial charge in [0.25, 0.3) is 0 Å². The van der Waals surface area contributed by atoms with E-state index >= 15 is 0 Å². The lowest BCUT2D eigenvalue weighted by Gasteiger charge is -2.50. The minimum absolute atomic E-state index is 0.196. The number of nitrogens with one attached hydrogen (secondary N) is 1. The Morgan fingerprint density at radius 2 is 1.74 bits per heavy atom. The molecule has 0 spiro atoms. The molecule has 1 aromatic carbocycles. The molecule has 1 nitrogen and oxygen atoms in total. The summed E-state index contributed by atoms with van der Waals surface area (Å²) in [5.41, 5.74) is 4.87. The van der Waals surface area contributed by atoms with Crippen LogP contribution in [0.1, 0.15) is 57.2 Å². The van der Waals surface area contributed by atoms with Gasteiger partial charge in [-0.2, -0.15) is 0 Å². The topological polar surface area (TPSA) is 12.0 Å². The average Bonchev–Trinajstić information content (AvgIpc) is 2.25. The molecule has 1 aromatic rings. The highest BCUT2D eigenvalue weighted by Gasteiger charge is 2.45. The van der Waals surface area contributed by atoms with Gasteiger partial charge in [0, 0.05) is 17.5 Å². The minimum Gasteiger partial charge on any atom is -0.311 e. The van der Waals surface area contributed by atoms with Crippen molar-refractivity contribution in [3.05, 3.63) is 34.9 Å². The second-order valence-electron chi connectivity index (χ2n) is 7.58. The Bertz CT molecular complexity index is 435. The van der Waals surface area contributed by atoms with Crippen molar-refractivity contribution in [2.24, 2.45) is 5.92 Å². The lowest BCUT2D eigenvalue weighted by molar-refractivity contribution is 0.124. The molecule has 0 amide bonds. The highest BCUT2D eigenvalue weighted by atomic mass is 15.0. The van der Waals surface area contributed by atoms with Crippen LogP contribution in [0.4, 0.5) is 0 Å². The first-order valence-electron chi connectivity index (χ1n) is 7.57. The molecular formula is C18H29N. The molecule has 19 heavy (non-hydrogen) atoms. The molecule has 0 aromatic heterocycles. The zero-order valence-corrected chi connectivity index (χ0v) is 13.4. The number of benzene rings is 1. The van der Waals surface area contributed by atoms with Crippen molar-refractivity contribution in [3.8, 4) is 0 Å². The van der Waals surface area contributed by atoms with Gasteiger partial charge in [0.05, 0.1) is 0 Å². The predicted octanol–water partition coefficient (Wildman–Crippen LogP) is 4.36. The van der Waals surface area contributed by atoms with Crippen LogP contribution >= 0.6 is 0 Å². The Hall–Kier alpha value is -0.820. The molecule has 106 valence electrons. The van der Waals surface area contributed by atoms with Gasteiger partial charge in [0.15, 0.2) is 0 Å². The fourth-order valence-corrected chi connectivity index (χ4v) is 3.26. The van der Waals surface area contributed by atoms with Gasteiger partial charge in [0.1, 0.15) is 0 Å². The molecule has 1 aliphatic carbocycles. The summed E-state index contributed by atoms with van der Waals surface area (Å²) >= 11 is 0. The minimum atomic E-state index is 0.196. The Labute approximate surface area is 118 Å². The maximum absolute atomic E-state index is 3.73. The van der Waals surface area contributed by atoms with Crippen LogP contribution in [0.3, 0.4) is 0 Å². The van der Waals surface area contributed by atoms with Gasteiger partial charge >= 0.3 is 0 Å². The first-order valence-corrected chi connectivity index (χ1v) is 7.57. The third-order valence-corrected chi connectivity index (χ3v) is 4.70. The highest BCUT2D eigenvalue weighted by molar-refractivity contribution is 5.37. The van der Waals surface area contributed by atoms with Crippen molar-refractivity contribution >= 4 is 0 Å². The van der Waals surface area contributed by atoms with Crippen LogP contribution in [-0.2, 0) is 5.41 Å². The van der Waals surface area contributed by atoms with Gasteiger partial charge in [-0.15, -0.1) is 0 Å². The molecule has 1 fully saturated rings. The number of hydrogen-bond acceptors (Lipinski definition) is 1. The molecule has 0 bridgehead atoms. The molecule has 1 heteroatoms. The van der Waals surface area contributed by atoms with Crippen LogP contribution in [0.25, 0.3) is 0 Å². The van der Waals surface area contributed by atoms with Crippen LogP contribution in [0.2, 0.25) is 0 Å². The number of rotatable bonds is 3. The van der Waals surface area contributed by atoms with Crippen molar-refractivity contribution in [2.75, 3.05) is 6.54 Å². The molecule has 2 unspecified atom stereocenters. The van der Waals surface area contributed by atoms with Crippen LogP contribution in [-0.4, -0.2) is 12.1 Å². The first kappa shape index (κ1) is 14.6. The summed E-state index contributed by atoms with van der Waals surface area (Å²) in [6.07, 6.45) is 2.68. The SMILES string of the molecule is Cc1cc(C)cc(C2(CNC(C)(C)C)CCC2C)c1. The van der Waals surface area contributed by atoms with Crippen molar-refractivity contribution in [2.45, 2.75) is 65.3 Å². The van der Waals surface area contributed by atoms with Crippen LogP contribution in [0, 0.1) is 19.8 Å². The summed E-state index contributed by atoms with van der Waals surface area (Å²) < 4.78 is 0. The lowest BCUT2D eigenvalue weighted by atomic mass is 9.57. The number of hydrogen-bond donors (Lipinski definition) is 1.